The molecule has 3 aromatic rings. The third-order valence-electron chi connectivity index (χ3n) is 4.78. The molecule has 0 N–H and O–H groups in total. The average Bonchev–Trinajstić information content (AvgIpc) is 2.77. The van der Waals surface area contributed by atoms with Gasteiger partial charge >= 0.3 is 18.3 Å². The Morgan fingerprint density at radius 3 is 2.17 bits per heavy atom. The molecule has 0 radical (unpaired) electrons. The number of methoxy groups -OCH3 is 1. The van der Waals surface area contributed by atoms with E-state index in [4.69, 9.17) is 9.57 Å². The predicted octanol–water partition coefficient (Wildman–Crippen LogP) is 5.70. The van der Waals surface area contributed by atoms with Crippen LogP contribution in [0.25, 0.3) is 11.3 Å². The lowest BCUT2D eigenvalue weighted by Crippen LogP contribution is -2.24. The molecule has 12 heteroatoms. The van der Waals surface area contributed by atoms with Gasteiger partial charge in [-0.1, -0.05) is 12.1 Å². The number of carbonyl (C=O) groups excluding carboxylic acids is 1. The van der Waals surface area contributed by atoms with Crippen LogP contribution >= 0.6 is 0 Å². The molecule has 2 aromatic carbocycles. The first-order valence-electron chi connectivity index (χ1n) is 9.98. The van der Waals surface area contributed by atoms with Gasteiger partial charge in [0, 0.05) is 18.8 Å². The van der Waals surface area contributed by atoms with Crippen LogP contribution in [-0.2, 0) is 23.7 Å². The molecule has 186 valence electrons. The topological polar surface area (TPSA) is 64.5 Å². The summed E-state index contributed by atoms with van der Waals surface area (Å²) >= 11 is 0. The first-order chi connectivity index (χ1) is 16.3. The van der Waals surface area contributed by atoms with Crippen molar-refractivity contribution in [3.8, 4) is 17.0 Å². The predicted molar refractivity (Wildman–Crippen MR) is 112 cm³/mol. The first kappa shape index (κ1) is 25.9. The molecule has 0 bridgehead atoms. The van der Waals surface area contributed by atoms with Crippen molar-refractivity contribution in [3.63, 3.8) is 0 Å². The number of carbonyl (C=O) groups is 1. The molecule has 35 heavy (non-hydrogen) atoms. The number of aromatic nitrogens is 2. The quantitative estimate of drug-likeness (QED) is 0.320. The van der Waals surface area contributed by atoms with Crippen molar-refractivity contribution >= 4 is 5.97 Å². The summed E-state index contributed by atoms with van der Waals surface area (Å²) in [4.78, 5) is 26.3. The molecule has 0 fully saturated rings. The van der Waals surface area contributed by atoms with E-state index in [2.05, 4.69) is 9.97 Å². The maximum atomic E-state index is 13.1. The van der Waals surface area contributed by atoms with Crippen LogP contribution in [0.3, 0.4) is 0 Å². The number of aryl methyl sites for hydroxylation is 1. The number of para-hydroxylation sites is 1. The van der Waals surface area contributed by atoms with Gasteiger partial charge in [-0.15, -0.1) is 5.06 Å². The number of alkyl halides is 6. The van der Waals surface area contributed by atoms with Crippen molar-refractivity contribution < 1.29 is 40.7 Å². The van der Waals surface area contributed by atoms with Crippen molar-refractivity contribution in [1.29, 1.82) is 0 Å². The number of rotatable bonds is 6. The number of benzene rings is 2. The molecular weight excluding hydrogens is 480 g/mol. The highest BCUT2D eigenvalue weighted by Crippen LogP contribution is 2.36. The molecule has 6 nitrogen and oxygen atoms in total. The molecular formula is C23H19F6N3O3. The van der Waals surface area contributed by atoms with E-state index < -0.39 is 36.0 Å². The number of ether oxygens (including phenoxy) is 1. The van der Waals surface area contributed by atoms with Gasteiger partial charge in [-0.05, 0) is 42.8 Å². The largest absolute Gasteiger partial charge is 0.496 e. The highest BCUT2D eigenvalue weighted by Gasteiger charge is 2.37. The number of halogens is 6. The summed E-state index contributed by atoms with van der Waals surface area (Å²) in [5, 5.41) is 0.823. The summed E-state index contributed by atoms with van der Waals surface area (Å²) in [6, 6.07) is 7.87. The Morgan fingerprint density at radius 1 is 1.00 bits per heavy atom. The lowest BCUT2D eigenvalue weighted by molar-refractivity contribution is -0.143. The van der Waals surface area contributed by atoms with E-state index >= 15 is 0 Å². The van der Waals surface area contributed by atoms with E-state index in [1.54, 1.807) is 31.2 Å². The molecule has 1 aromatic heterocycles. The van der Waals surface area contributed by atoms with Gasteiger partial charge in [-0.25, -0.2) is 14.8 Å². The summed E-state index contributed by atoms with van der Waals surface area (Å²) in [6.07, 6.45) is -8.77. The smallest absolute Gasteiger partial charge is 0.416 e. The monoisotopic (exact) mass is 499 g/mol. The summed E-state index contributed by atoms with van der Waals surface area (Å²) in [7, 11) is 2.63. The third-order valence-corrected chi connectivity index (χ3v) is 4.78. The van der Waals surface area contributed by atoms with Gasteiger partial charge in [0.1, 0.15) is 17.1 Å². The molecule has 1 heterocycles. The van der Waals surface area contributed by atoms with Gasteiger partial charge in [0.25, 0.3) is 0 Å². The molecule has 0 saturated carbocycles. The van der Waals surface area contributed by atoms with Crippen LogP contribution in [-0.4, -0.2) is 35.2 Å². The lowest BCUT2D eigenvalue weighted by Gasteiger charge is -2.19. The summed E-state index contributed by atoms with van der Waals surface area (Å²) in [5.41, 5.74) is -2.71. The molecule has 0 amide bonds. The Labute approximate surface area is 196 Å². The summed E-state index contributed by atoms with van der Waals surface area (Å²) < 4.78 is 84.0. The van der Waals surface area contributed by atoms with Crippen LogP contribution < -0.4 is 4.74 Å². The number of hydroxylamine groups is 2. The maximum Gasteiger partial charge on any atom is 0.416 e. The van der Waals surface area contributed by atoms with Gasteiger partial charge in [0.15, 0.2) is 0 Å². The second-order valence-electron chi connectivity index (χ2n) is 7.46. The fraction of sp³-hybridized carbons (Fsp3) is 0.261. The van der Waals surface area contributed by atoms with Crippen LogP contribution in [0.4, 0.5) is 26.3 Å². The number of hydrogen-bond acceptors (Lipinski definition) is 6. The van der Waals surface area contributed by atoms with Gasteiger partial charge in [0.2, 0.25) is 0 Å². The van der Waals surface area contributed by atoms with Crippen LogP contribution in [0.2, 0.25) is 0 Å². The average molecular weight is 499 g/mol. The molecule has 0 atom stereocenters. The molecule has 0 aliphatic carbocycles. The maximum absolute atomic E-state index is 13.1. The van der Waals surface area contributed by atoms with Crippen molar-refractivity contribution in [2.45, 2.75) is 25.8 Å². The number of nitrogens with zero attached hydrogens (tertiary/aromatic N) is 3. The molecule has 0 spiro atoms. The molecule has 3 rings (SSSR count). The van der Waals surface area contributed by atoms with Crippen molar-refractivity contribution in [3.05, 3.63) is 76.7 Å². The zero-order chi connectivity index (χ0) is 26.0. The summed E-state index contributed by atoms with van der Waals surface area (Å²) in [6.45, 7) is 1.06. The molecule has 0 saturated heterocycles. The highest BCUT2D eigenvalue weighted by atomic mass is 19.4. The zero-order valence-corrected chi connectivity index (χ0v) is 18.7. The highest BCUT2D eigenvalue weighted by molar-refractivity contribution is 5.96. The van der Waals surface area contributed by atoms with Crippen molar-refractivity contribution in [1.82, 2.24) is 15.0 Å². The van der Waals surface area contributed by atoms with E-state index in [1.807, 2.05) is 0 Å². The standard InChI is InChI=1S/C23H19F6N3O3/c1-13-30-11-18(20(31-13)17-6-4-5-7-19(17)34-3)21(33)35-32(2)12-14-8-15(22(24,25)26)10-16(9-14)23(27,28)29/h4-11H,12H2,1-3H3. The third kappa shape index (κ3) is 6.27. The minimum atomic E-state index is -4.99. The fourth-order valence-electron chi connectivity index (χ4n) is 3.26. The van der Waals surface area contributed by atoms with E-state index in [-0.39, 0.29) is 22.9 Å². The van der Waals surface area contributed by atoms with Crippen LogP contribution in [0.1, 0.15) is 32.9 Å². The van der Waals surface area contributed by atoms with Crippen LogP contribution in [0.15, 0.2) is 48.7 Å². The van der Waals surface area contributed by atoms with Crippen LogP contribution in [0, 0.1) is 6.92 Å². The van der Waals surface area contributed by atoms with Crippen molar-refractivity contribution in [2.24, 2.45) is 0 Å². The van der Waals surface area contributed by atoms with E-state index in [0.717, 1.165) is 5.06 Å². The normalized spacial score (nSPS) is 12.1. The minimum absolute atomic E-state index is 0.0265. The molecule has 0 aliphatic heterocycles. The van der Waals surface area contributed by atoms with E-state index in [9.17, 15) is 31.1 Å². The van der Waals surface area contributed by atoms with E-state index in [0.29, 0.717) is 29.3 Å². The van der Waals surface area contributed by atoms with Gasteiger partial charge in [-0.3, -0.25) is 0 Å². The van der Waals surface area contributed by atoms with E-state index in [1.165, 1.54) is 20.4 Å². The molecule has 0 unspecified atom stereocenters. The summed E-state index contributed by atoms with van der Waals surface area (Å²) in [5.74, 6) is -0.201. The second kappa shape index (κ2) is 9.90. The lowest BCUT2D eigenvalue weighted by atomic mass is 10.0. The fourth-order valence-corrected chi connectivity index (χ4v) is 3.26. The van der Waals surface area contributed by atoms with Crippen molar-refractivity contribution in [2.75, 3.05) is 14.2 Å². The van der Waals surface area contributed by atoms with Gasteiger partial charge in [-0.2, -0.15) is 26.3 Å². The first-order valence-corrected chi connectivity index (χ1v) is 9.98. The second-order valence-corrected chi connectivity index (χ2v) is 7.46. The van der Waals surface area contributed by atoms with Crippen LogP contribution in [0.5, 0.6) is 5.75 Å². The SMILES string of the molecule is COc1ccccc1-c1nc(C)ncc1C(=O)ON(C)Cc1cc(C(F)(F)F)cc(C(F)(F)F)c1. The Morgan fingerprint density at radius 2 is 1.60 bits per heavy atom. The Balaban J connectivity index is 1.89. The molecule has 0 aliphatic rings. The minimum Gasteiger partial charge on any atom is -0.496 e. The number of hydrogen-bond donors (Lipinski definition) is 0. The Kier molecular flexibility index (Phi) is 7.34. The zero-order valence-electron chi connectivity index (χ0n) is 18.7. The Bertz CT molecular complexity index is 1200. The Hall–Kier alpha value is -3.67. The van der Waals surface area contributed by atoms with Gasteiger partial charge in [0.05, 0.1) is 30.5 Å². The van der Waals surface area contributed by atoms with Gasteiger partial charge < -0.3 is 9.57 Å².